The molecule has 1 aliphatic carbocycles. The standard InChI is InChI=1S/C36H45N5O3Si/c1-45(2,3)19-18-43-24-41-35-32(34(39-41)28-10-11-31-33(22-28)44-17-14-37-36(31)42)21-29(23-38-35)26-9-8-25-12-15-40(16-13-27(25)20-26)30-6-4-5-7-30/h8-11,20-23,30H,4-7,12-19,24H2,1-3H3,(H,37,42). The highest BCUT2D eigenvalue weighted by molar-refractivity contribution is 6.76. The summed E-state index contributed by atoms with van der Waals surface area (Å²) in [6.45, 7) is 11.4. The summed E-state index contributed by atoms with van der Waals surface area (Å²) in [7, 11) is -1.21. The molecule has 0 radical (unpaired) electrons. The number of carbonyl (C=O) groups is 1. The fourth-order valence-corrected chi connectivity index (χ4v) is 7.76. The van der Waals surface area contributed by atoms with Crippen LogP contribution in [0.5, 0.6) is 5.75 Å². The topological polar surface area (TPSA) is 81.5 Å². The summed E-state index contributed by atoms with van der Waals surface area (Å²) >= 11 is 0. The van der Waals surface area contributed by atoms with Gasteiger partial charge in [-0.05, 0) is 66.6 Å². The molecule has 2 aliphatic heterocycles. The van der Waals surface area contributed by atoms with Gasteiger partial charge in [0.25, 0.3) is 5.91 Å². The first-order valence-electron chi connectivity index (χ1n) is 16.7. The molecule has 236 valence electrons. The lowest BCUT2D eigenvalue weighted by Crippen LogP contribution is -2.35. The van der Waals surface area contributed by atoms with Gasteiger partial charge in [-0.2, -0.15) is 5.10 Å². The second kappa shape index (κ2) is 12.7. The van der Waals surface area contributed by atoms with Crippen molar-refractivity contribution in [1.82, 2.24) is 25.0 Å². The average Bonchev–Trinajstić information content (AvgIpc) is 3.59. The minimum atomic E-state index is -1.21. The number of carbonyl (C=O) groups excluding carboxylic acids is 1. The smallest absolute Gasteiger partial charge is 0.255 e. The quantitative estimate of drug-likeness (QED) is 0.177. The molecule has 1 fully saturated rings. The maximum Gasteiger partial charge on any atom is 0.255 e. The Morgan fingerprint density at radius 2 is 1.78 bits per heavy atom. The summed E-state index contributed by atoms with van der Waals surface area (Å²) in [5.74, 6) is 0.469. The normalized spacial score (nSPS) is 17.8. The largest absolute Gasteiger partial charge is 0.491 e. The lowest BCUT2D eigenvalue weighted by Gasteiger charge is -2.26. The third-order valence-corrected chi connectivity index (χ3v) is 11.4. The van der Waals surface area contributed by atoms with Crippen molar-refractivity contribution in [1.29, 1.82) is 0 Å². The number of hydrogen-bond acceptors (Lipinski definition) is 6. The van der Waals surface area contributed by atoms with Crippen LogP contribution in [0.3, 0.4) is 0 Å². The van der Waals surface area contributed by atoms with E-state index in [1.165, 1.54) is 48.9 Å². The fourth-order valence-electron chi connectivity index (χ4n) is 7.00. The van der Waals surface area contributed by atoms with Crippen molar-refractivity contribution < 1.29 is 14.3 Å². The summed E-state index contributed by atoms with van der Waals surface area (Å²) in [6.07, 6.45) is 9.66. The zero-order valence-corrected chi connectivity index (χ0v) is 27.9. The number of amides is 1. The first-order chi connectivity index (χ1) is 21.8. The van der Waals surface area contributed by atoms with E-state index >= 15 is 0 Å². The zero-order chi connectivity index (χ0) is 31.0. The molecule has 1 N–H and O–H groups in total. The second-order valence-electron chi connectivity index (χ2n) is 14.1. The highest BCUT2D eigenvalue weighted by Gasteiger charge is 2.25. The van der Waals surface area contributed by atoms with E-state index in [0.717, 1.165) is 59.3 Å². The van der Waals surface area contributed by atoms with E-state index in [4.69, 9.17) is 19.6 Å². The molecule has 2 aromatic carbocycles. The van der Waals surface area contributed by atoms with E-state index in [1.807, 2.05) is 29.1 Å². The van der Waals surface area contributed by atoms with Crippen molar-refractivity contribution in [2.24, 2.45) is 0 Å². The Labute approximate surface area is 267 Å². The molecule has 1 amide bonds. The fraction of sp³-hybridized carbons (Fsp3) is 0.472. The molecule has 0 atom stereocenters. The maximum absolute atomic E-state index is 12.6. The number of aromatic nitrogens is 3. The number of rotatable bonds is 8. The number of ether oxygens (including phenoxy) is 2. The Morgan fingerprint density at radius 1 is 0.978 bits per heavy atom. The number of pyridine rings is 1. The van der Waals surface area contributed by atoms with Gasteiger partial charge in [0.15, 0.2) is 5.65 Å². The highest BCUT2D eigenvalue weighted by atomic mass is 28.3. The van der Waals surface area contributed by atoms with Crippen LogP contribution in [0.25, 0.3) is 33.4 Å². The minimum absolute atomic E-state index is 0.112. The Hall–Kier alpha value is -3.53. The monoisotopic (exact) mass is 623 g/mol. The Morgan fingerprint density at radius 3 is 2.60 bits per heavy atom. The molecule has 9 heteroatoms. The third-order valence-electron chi connectivity index (χ3n) is 9.66. The molecule has 8 nitrogen and oxygen atoms in total. The van der Waals surface area contributed by atoms with Crippen molar-refractivity contribution in [3.63, 3.8) is 0 Å². The predicted octanol–water partition coefficient (Wildman–Crippen LogP) is 6.54. The lowest BCUT2D eigenvalue weighted by atomic mass is 9.96. The molecule has 2 aromatic heterocycles. The van der Waals surface area contributed by atoms with Crippen LogP contribution in [0.4, 0.5) is 0 Å². The Balaban J connectivity index is 1.22. The summed E-state index contributed by atoms with van der Waals surface area (Å²) in [5, 5.41) is 8.88. The van der Waals surface area contributed by atoms with Gasteiger partial charge >= 0.3 is 0 Å². The van der Waals surface area contributed by atoms with Crippen LogP contribution in [-0.4, -0.2) is 72.5 Å². The van der Waals surface area contributed by atoms with E-state index in [1.54, 1.807) is 0 Å². The SMILES string of the molecule is C[Si](C)(C)CCOCn1nc(-c2ccc3c(c2)OCCNC3=O)c2cc(-c3ccc4c(c3)CCN(C3CCCC3)CC4)cnc21. The van der Waals surface area contributed by atoms with Gasteiger partial charge in [-0.1, -0.05) is 56.7 Å². The van der Waals surface area contributed by atoms with Gasteiger partial charge in [0.1, 0.15) is 24.8 Å². The van der Waals surface area contributed by atoms with E-state index in [2.05, 4.69) is 54.1 Å². The number of hydrogen-bond donors (Lipinski definition) is 1. The Kier molecular flexibility index (Phi) is 8.50. The van der Waals surface area contributed by atoms with E-state index in [0.29, 0.717) is 37.8 Å². The molecule has 7 rings (SSSR count). The molecule has 0 spiro atoms. The number of benzene rings is 2. The first-order valence-corrected chi connectivity index (χ1v) is 20.4. The number of fused-ring (bicyclic) bond motifs is 3. The zero-order valence-electron chi connectivity index (χ0n) is 26.9. The average molecular weight is 624 g/mol. The van der Waals surface area contributed by atoms with Crippen LogP contribution in [0.15, 0.2) is 48.7 Å². The van der Waals surface area contributed by atoms with Gasteiger partial charge in [0.2, 0.25) is 0 Å². The van der Waals surface area contributed by atoms with Crippen molar-refractivity contribution in [3.05, 3.63) is 65.4 Å². The first kappa shape index (κ1) is 30.1. The summed E-state index contributed by atoms with van der Waals surface area (Å²) in [4.78, 5) is 20.3. The van der Waals surface area contributed by atoms with Crippen molar-refractivity contribution in [2.75, 3.05) is 32.8 Å². The maximum atomic E-state index is 12.6. The predicted molar refractivity (Wildman–Crippen MR) is 182 cm³/mol. The molecular formula is C36H45N5O3Si. The minimum Gasteiger partial charge on any atom is -0.491 e. The summed E-state index contributed by atoms with van der Waals surface area (Å²) < 4.78 is 13.9. The number of nitrogens with zero attached hydrogens (tertiary/aromatic N) is 4. The van der Waals surface area contributed by atoms with Gasteiger partial charge < -0.3 is 14.8 Å². The molecule has 4 heterocycles. The molecule has 0 bridgehead atoms. The van der Waals surface area contributed by atoms with Crippen LogP contribution in [0, 0.1) is 0 Å². The molecule has 45 heavy (non-hydrogen) atoms. The van der Waals surface area contributed by atoms with E-state index < -0.39 is 8.07 Å². The molecule has 4 aromatic rings. The van der Waals surface area contributed by atoms with Gasteiger partial charge in [0.05, 0.1) is 12.1 Å². The van der Waals surface area contributed by atoms with E-state index in [-0.39, 0.29) is 5.91 Å². The van der Waals surface area contributed by atoms with Crippen LogP contribution in [-0.2, 0) is 24.3 Å². The third kappa shape index (κ3) is 6.57. The molecule has 0 saturated heterocycles. The van der Waals surface area contributed by atoms with Crippen LogP contribution in [0.1, 0.15) is 47.2 Å². The summed E-state index contributed by atoms with van der Waals surface area (Å²) in [6, 6.07) is 16.8. The van der Waals surface area contributed by atoms with Gasteiger partial charge in [0, 0.05) is 56.5 Å². The summed E-state index contributed by atoms with van der Waals surface area (Å²) in [5.41, 5.74) is 8.24. The van der Waals surface area contributed by atoms with Gasteiger partial charge in [-0.25, -0.2) is 9.67 Å². The number of nitrogens with one attached hydrogen (secondary N) is 1. The van der Waals surface area contributed by atoms with Crippen molar-refractivity contribution in [3.8, 4) is 28.1 Å². The lowest BCUT2D eigenvalue weighted by molar-refractivity contribution is 0.0814. The van der Waals surface area contributed by atoms with Crippen LogP contribution < -0.4 is 10.1 Å². The van der Waals surface area contributed by atoms with Crippen molar-refractivity contribution in [2.45, 2.75) is 77.0 Å². The molecule has 3 aliphatic rings. The van der Waals surface area contributed by atoms with Crippen LogP contribution >= 0.6 is 0 Å². The highest BCUT2D eigenvalue weighted by Crippen LogP contribution is 2.35. The van der Waals surface area contributed by atoms with Gasteiger partial charge in [-0.15, -0.1) is 0 Å². The molecule has 0 unspecified atom stereocenters. The second-order valence-corrected chi connectivity index (χ2v) is 19.7. The van der Waals surface area contributed by atoms with Gasteiger partial charge in [-0.3, -0.25) is 9.69 Å². The van der Waals surface area contributed by atoms with Crippen LogP contribution in [0.2, 0.25) is 25.7 Å². The molecule has 1 saturated carbocycles. The van der Waals surface area contributed by atoms with E-state index in [9.17, 15) is 4.79 Å². The molecular weight excluding hydrogens is 579 g/mol. The Bertz CT molecular complexity index is 1710. The van der Waals surface area contributed by atoms with Crippen molar-refractivity contribution >= 4 is 25.0 Å².